The van der Waals surface area contributed by atoms with Crippen LogP contribution in [0.3, 0.4) is 0 Å². The van der Waals surface area contributed by atoms with Crippen molar-refractivity contribution in [2.75, 3.05) is 7.11 Å². The Labute approximate surface area is 83.6 Å². The first-order chi connectivity index (χ1) is 5.69. The van der Waals surface area contributed by atoms with E-state index in [1.54, 1.807) is 0 Å². The van der Waals surface area contributed by atoms with Crippen LogP contribution in [0, 0.1) is 5.82 Å². The van der Waals surface area contributed by atoms with Crippen molar-refractivity contribution in [1.82, 2.24) is 0 Å². The van der Waals surface area contributed by atoms with Gasteiger partial charge in [-0.15, -0.1) is 0 Å². The van der Waals surface area contributed by atoms with Gasteiger partial charge in [0.05, 0.1) is 7.11 Å². The lowest BCUT2D eigenvalue weighted by molar-refractivity contribution is 0.386. The highest BCUT2D eigenvalue weighted by atomic mass is 79.9. The van der Waals surface area contributed by atoms with Gasteiger partial charge in [-0.2, -0.15) is 0 Å². The van der Waals surface area contributed by atoms with Gasteiger partial charge in [-0.1, -0.05) is 27.5 Å². The molecule has 0 aliphatic heterocycles. The Kier molecular flexibility index (Phi) is 3.35. The molecule has 0 atom stereocenters. The van der Waals surface area contributed by atoms with Gasteiger partial charge in [-0.25, -0.2) is 4.39 Å². The Balaban J connectivity index is 3.16. The summed E-state index contributed by atoms with van der Waals surface area (Å²) in [6.07, 6.45) is 0. The van der Waals surface area contributed by atoms with E-state index in [1.807, 2.05) is 0 Å². The van der Waals surface area contributed by atoms with E-state index in [0.717, 1.165) is 5.56 Å². The van der Waals surface area contributed by atoms with Crippen LogP contribution in [0.25, 0.3) is 0 Å². The number of alkyl halides is 1. The highest BCUT2D eigenvalue weighted by Gasteiger charge is 2.07. The Hall–Kier alpha value is -0.280. The highest BCUT2D eigenvalue weighted by Crippen LogP contribution is 2.27. The number of rotatable bonds is 2. The number of methoxy groups -OCH3 is 1. The molecule has 1 nitrogen and oxygen atoms in total. The monoisotopic (exact) mass is 252 g/mol. The first-order valence-electron chi connectivity index (χ1n) is 3.27. The fourth-order valence-corrected chi connectivity index (χ4v) is 1.67. The van der Waals surface area contributed by atoms with Crippen LogP contribution < -0.4 is 4.74 Å². The standard InChI is InChI=1S/C8H7BrClFO/c1-12-8-3-6(10)5(4-9)2-7(8)11/h2-3H,4H2,1H3. The molecule has 0 fully saturated rings. The maximum Gasteiger partial charge on any atom is 0.165 e. The lowest BCUT2D eigenvalue weighted by atomic mass is 10.2. The number of hydrogen-bond donors (Lipinski definition) is 0. The van der Waals surface area contributed by atoms with Crippen LogP contribution in [-0.4, -0.2) is 7.11 Å². The zero-order chi connectivity index (χ0) is 9.14. The summed E-state index contributed by atoms with van der Waals surface area (Å²) in [5, 5.41) is 1.04. The number of hydrogen-bond acceptors (Lipinski definition) is 1. The molecule has 0 aromatic heterocycles. The number of benzene rings is 1. The minimum absolute atomic E-state index is 0.171. The minimum Gasteiger partial charge on any atom is -0.494 e. The molecule has 4 heteroatoms. The smallest absolute Gasteiger partial charge is 0.165 e. The normalized spacial score (nSPS) is 10.0. The van der Waals surface area contributed by atoms with Crippen molar-refractivity contribution in [3.8, 4) is 5.75 Å². The largest absolute Gasteiger partial charge is 0.494 e. The van der Waals surface area contributed by atoms with Gasteiger partial charge in [0.25, 0.3) is 0 Å². The van der Waals surface area contributed by atoms with E-state index >= 15 is 0 Å². The van der Waals surface area contributed by atoms with E-state index in [4.69, 9.17) is 16.3 Å². The van der Waals surface area contributed by atoms with E-state index < -0.39 is 5.82 Å². The number of ether oxygens (including phenoxy) is 1. The van der Waals surface area contributed by atoms with Crippen LogP contribution in [0.4, 0.5) is 4.39 Å². The Morgan fingerprint density at radius 2 is 2.25 bits per heavy atom. The van der Waals surface area contributed by atoms with Crippen LogP contribution >= 0.6 is 27.5 Å². The third-order valence-corrected chi connectivity index (χ3v) is 2.42. The van der Waals surface area contributed by atoms with Gasteiger partial charge in [0, 0.05) is 16.4 Å². The zero-order valence-electron chi connectivity index (χ0n) is 6.40. The van der Waals surface area contributed by atoms with Crippen LogP contribution in [-0.2, 0) is 5.33 Å². The molecule has 0 saturated carbocycles. The molecule has 1 aromatic rings. The molecule has 1 aromatic carbocycles. The van der Waals surface area contributed by atoms with E-state index in [1.165, 1.54) is 19.2 Å². The molecule has 0 amide bonds. The molecule has 0 aliphatic rings. The van der Waals surface area contributed by atoms with Gasteiger partial charge in [0.2, 0.25) is 0 Å². The molecular weight excluding hydrogens is 246 g/mol. The second kappa shape index (κ2) is 4.10. The predicted molar refractivity (Wildman–Crippen MR) is 50.6 cm³/mol. The van der Waals surface area contributed by atoms with Crippen molar-refractivity contribution in [3.63, 3.8) is 0 Å². The summed E-state index contributed by atoms with van der Waals surface area (Å²) in [4.78, 5) is 0. The van der Waals surface area contributed by atoms with Gasteiger partial charge in [-0.05, 0) is 11.6 Å². The number of halogens is 3. The summed E-state index contributed by atoms with van der Waals surface area (Å²) < 4.78 is 17.8. The lowest BCUT2D eigenvalue weighted by Crippen LogP contribution is -1.90. The lowest BCUT2D eigenvalue weighted by Gasteiger charge is -2.05. The fourth-order valence-electron chi connectivity index (χ4n) is 0.829. The van der Waals surface area contributed by atoms with Gasteiger partial charge >= 0.3 is 0 Å². The van der Waals surface area contributed by atoms with Crippen LogP contribution in [0.5, 0.6) is 5.75 Å². The third-order valence-electron chi connectivity index (χ3n) is 1.46. The summed E-state index contributed by atoms with van der Waals surface area (Å²) >= 11 is 9.00. The average Bonchev–Trinajstić information content (AvgIpc) is 2.08. The zero-order valence-corrected chi connectivity index (χ0v) is 8.75. The van der Waals surface area contributed by atoms with E-state index in [0.29, 0.717) is 10.4 Å². The summed E-state index contributed by atoms with van der Waals surface area (Å²) in [6, 6.07) is 2.82. The maximum absolute atomic E-state index is 13.0. The maximum atomic E-state index is 13.0. The van der Waals surface area contributed by atoms with Gasteiger partial charge in [-0.3, -0.25) is 0 Å². The van der Waals surface area contributed by atoms with Crippen molar-refractivity contribution >= 4 is 27.5 Å². The molecular formula is C8H7BrClFO. The summed E-state index contributed by atoms with van der Waals surface area (Å²) in [6.45, 7) is 0. The molecule has 0 bridgehead atoms. The second-order valence-corrected chi connectivity index (χ2v) is 3.18. The molecule has 0 saturated heterocycles. The molecule has 1 rings (SSSR count). The van der Waals surface area contributed by atoms with Gasteiger partial charge in [0.1, 0.15) is 0 Å². The van der Waals surface area contributed by atoms with Crippen LogP contribution in [0.15, 0.2) is 12.1 Å². The molecule has 0 aliphatic carbocycles. The summed E-state index contributed by atoms with van der Waals surface area (Å²) in [7, 11) is 1.41. The minimum atomic E-state index is -0.392. The highest BCUT2D eigenvalue weighted by molar-refractivity contribution is 9.08. The van der Waals surface area contributed by atoms with Gasteiger partial charge < -0.3 is 4.74 Å². The SMILES string of the molecule is COc1cc(Cl)c(CBr)cc1F. The molecule has 0 unspecified atom stereocenters. The molecule has 0 heterocycles. The topological polar surface area (TPSA) is 9.23 Å². The molecule has 0 radical (unpaired) electrons. The Morgan fingerprint density at radius 3 is 2.75 bits per heavy atom. The third kappa shape index (κ3) is 1.90. The fraction of sp³-hybridized carbons (Fsp3) is 0.250. The first-order valence-corrected chi connectivity index (χ1v) is 4.77. The van der Waals surface area contributed by atoms with Crippen LogP contribution in [0.1, 0.15) is 5.56 Å². The first kappa shape index (κ1) is 9.81. The molecule has 12 heavy (non-hydrogen) atoms. The van der Waals surface area contributed by atoms with Crippen LogP contribution in [0.2, 0.25) is 5.02 Å². The van der Waals surface area contributed by atoms with E-state index in [-0.39, 0.29) is 5.75 Å². The van der Waals surface area contributed by atoms with Crippen molar-refractivity contribution in [2.45, 2.75) is 5.33 Å². The predicted octanol–water partition coefficient (Wildman–Crippen LogP) is 3.38. The summed E-state index contributed by atoms with van der Waals surface area (Å²) in [5.41, 5.74) is 0.718. The van der Waals surface area contributed by atoms with Crippen molar-refractivity contribution < 1.29 is 9.13 Å². The van der Waals surface area contributed by atoms with E-state index in [2.05, 4.69) is 15.9 Å². The Bertz CT molecular complexity index is 261. The average molecular weight is 253 g/mol. The molecule has 0 N–H and O–H groups in total. The molecule has 0 spiro atoms. The van der Waals surface area contributed by atoms with Crippen molar-refractivity contribution in [1.29, 1.82) is 0 Å². The quantitative estimate of drug-likeness (QED) is 0.734. The Morgan fingerprint density at radius 1 is 1.58 bits per heavy atom. The second-order valence-electron chi connectivity index (χ2n) is 2.21. The summed E-state index contributed by atoms with van der Waals surface area (Å²) in [5.74, 6) is -0.221. The van der Waals surface area contributed by atoms with E-state index in [9.17, 15) is 4.39 Å². The van der Waals surface area contributed by atoms with Crippen molar-refractivity contribution in [3.05, 3.63) is 28.5 Å². The molecule has 66 valence electrons. The van der Waals surface area contributed by atoms with Crippen molar-refractivity contribution in [2.24, 2.45) is 0 Å². The van der Waals surface area contributed by atoms with Gasteiger partial charge in [0.15, 0.2) is 11.6 Å².